The van der Waals surface area contributed by atoms with Gasteiger partial charge >= 0.3 is 0 Å². The van der Waals surface area contributed by atoms with E-state index < -0.39 is 0 Å². The molecule has 7 saturated heterocycles. The fraction of sp³-hybridized carbons (Fsp3) is 1.00. The Morgan fingerprint density at radius 2 is 1.08 bits per heavy atom. The Kier molecular flexibility index (Phi) is 14.9. The minimum atomic E-state index is 0.520. The molecule has 348 valence electrons. The first-order chi connectivity index (χ1) is 28.0. The molecule has 7 saturated carbocycles. The number of nitrogens with one attached hydrogen (secondary N) is 1. The molecule has 0 amide bonds. The SMILES string of the molecule is CC(C)(C)C12CC3CC(CC1C3)C2.CC(C)(C)C1CC2CCC1C2.CC(C)(C)C1CCCNCC1.CC(C)(C)C1CN2CCC1CC2.CC(C)C1C2CC3CC1CN(C3)C2. The number of piperidine rings is 6. The van der Waals surface area contributed by atoms with Gasteiger partial charge in [-0.2, -0.15) is 0 Å². The molecule has 0 aromatic rings. The molecule has 9 unspecified atom stereocenters. The Balaban J connectivity index is 0.000000114. The highest BCUT2D eigenvalue weighted by Crippen LogP contribution is 2.71. The minimum Gasteiger partial charge on any atom is -0.317 e. The van der Waals surface area contributed by atoms with Crippen molar-refractivity contribution in [3.05, 3.63) is 0 Å². The van der Waals surface area contributed by atoms with Crippen molar-refractivity contribution in [2.75, 3.05) is 52.4 Å². The molecule has 7 aliphatic heterocycles. The summed E-state index contributed by atoms with van der Waals surface area (Å²) in [5.74, 6) is 14.7. The second kappa shape index (κ2) is 18.6. The molecule has 12 bridgehead atoms. The molecule has 14 rings (SSSR count). The van der Waals surface area contributed by atoms with Gasteiger partial charge in [-0.3, -0.25) is 0 Å². The normalized spacial score (nSPS) is 44.5. The lowest BCUT2D eigenvalue weighted by molar-refractivity contribution is -0.0797. The van der Waals surface area contributed by atoms with Gasteiger partial charge in [0.05, 0.1) is 0 Å². The van der Waals surface area contributed by atoms with Gasteiger partial charge in [0.25, 0.3) is 0 Å². The van der Waals surface area contributed by atoms with Gasteiger partial charge in [-0.25, -0.2) is 0 Å². The first-order valence-corrected chi connectivity index (χ1v) is 27.2. The average molecular weight is 832 g/mol. The van der Waals surface area contributed by atoms with Crippen LogP contribution in [-0.2, 0) is 0 Å². The smallest absolute Gasteiger partial charge is 0.00173 e. The molecule has 60 heavy (non-hydrogen) atoms. The molecule has 7 heterocycles. The topological polar surface area (TPSA) is 18.5 Å². The third kappa shape index (κ3) is 10.9. The van der Waals surface area contributed by atoms with E-state index in [2.05, 4.69) is 112 Å². The number of nitrogens with zero attached hydrogens (tertiary/aromatic N) is 2. The van der Waals surface area contributed by atoms with Crippen molar-refractivity contribution in [1.29, 1.82) is 0 Å². The van der Waals surface area contributed by atoms with E-state index in [4.69, 9.17) is 0 Å². The van der Waals surface area contributed by atoms with Gasteiger partial charge in [0.15, 0.2) is 0 Å². The van der Waals surface area contributed by atoms with Crippen molar-refractivity contribution in [3.63, 3.8) is 0 Å². The van der Waals surface area contributed by atoms with Gasteiger partial charge in [-0.15, -0.1) is 0 Å². The second-order valence-corrected chi connectivity index (χ2v) is 28.8. The lowest BCUT2D eigenvalue weighted by Crippen LogP contribution is -2.58. The van der Waals surface area contributed by atoms with Crippen molar-refractivity contribution >= 4 is 0 Å². The third-order valence-electron chi connectivity index (χ3n) is 20.5. The summed E-state index contributed by atoms with van der Waals surface area (Å²) in [4.78, 5) is 5.38. The van der Waals surface area contributed by atoms with Crippen LogP contribution in [0.2, 0.25) is 0 Å². The summed E-state index contributed by atoms with van der Waals surface area (Å²) in [6.45, 7) is 44.7. The molecule has 3 nitrogen and oxygen atoms in total. The van der Waals surface area contributed by atoms with Gasteiger partial charge < -0.3 is 15.1 Å². The van der Waals surface area contributed by atoms with Gasteiger partial charge in [-0.1, -0.05) is 103 Å². The Bertz CT molecular complexity index is 1290. The number of hydrogen-bond acceptors (Lipinski definition) is 3. The first-order valence-electron chi connectivity index (χ1n) is 27.2. The summed E-state index contributed by atoms with van der Waals surface area (Å²) >= 11 is 0. The number of fused-ring (bicyclic) bond motifs is 5. The summed E-state index contributed by atoms with van der Waals surface area (Å²) in [5.41, 5.74) is 2.97. The van der Waals surface area contributed by atoms with E-state index in [9.17, 15) is 0 Å². The summed E-state index contributed by atoms with van der Waals surface area (Å²) in [6, 6.07) is 0. The quantitative estimate of drug-likeness (QED) is 0.284. The lowest BCUT2D eigenvalue weighted by Gasteiger charge is -2.57. The van der Waals surface area contributed by atoms with Crippen LogP contribution in [0.1, 0.15) is 200 Å². The largest absolute Gasteiger partial charge is 0.317 e. The molecule has 3 heteroatoms. The molecule has 7 aliphatic carbocycles. The van der Waals surface area contributed by atoms with E-state index in [0.29, 0.717) is 21.7 Å². The predicted molar refractivity (Wildman–Crippen MR) is 260 cm³/mol. The van der Waals surface area contributed by atoms with Crippen LogP contribution in [0.4, 0.5) is 0 Å². The first kappa shape index (κ1) is 47.8. The minimum absolute atomic E-state index is 0.520. The summed E-state index contributed by atoms with van der Waals surface area (Å²) in [5, 5.41) is 3.45. The number of hydrogen-bond donors (Lipinski definition) is 1. The Morgan fingerprint density at radius 3 is 1.48 bits per heavy atom. The van der Waals surface area contributed by atoms with Crippen LogP contribution in [0, 0.1) is 110 Å². The predicted octanol–water partition coefficient (Wildman–Crippen LogP) is 14.4. The van der Waals surface area contributed by atoms with E-state index >= 15 is 0 Å². The fourth-order valence-corrected chi connectivity index (χ4v) is 17.7. The monoisotopic (exact) mass is 832 g/mol. The summed E-state index contributed by atoms with van der Waals surface area (Å²) < 4.78 is 0. The standard InChI is InChI=1S/C13H22.C12H21N.C11H21N.C11H20.C10H21N/c1-12(2,3)13-7-9-4-10(8-13)6-11(13)5-9;1-8(2)12-10-3-9-4-11(12)7-13(5-9)6-10;1-11(2,3)10-8-12-6-4-9(10)5-7-12;1-11(2,3)10-7-8-4-5-9(10)6-8;1-10(2,3)9-5-4-7-11-8-6-9/h9-11H,4-8H2,1-3H3;8-12H,3-7H2,1-2H3;9-10H,4-8H2,1-3H3;8-10H,4-7H2,1-3H3;9,11H,4-8H2,1-3H3. The maximum Gasteiger partial charge on any atom is 0.00173 e. The van der Waals surface area contributed by atoms with Crippen LogP contribution in [0.5, 0.6) is 0 Å². The van der Waals surface area contributed by atoms with Crippen LogP contribution < -0.4 is 5.32 Å². The molecule has 9 atom stereocenters. The molecule has 1 N–H and O–H groups in total. The highest BCUT2D eigenvalue weighted by atomic mass is 15.2. The van der Waals surface area contributed by atoms with Crippen molar-refractivity contribution in [2.24, 2.45) is 110 Å². The Labute approximate surface area is 375 Å². The van der Waals surface area contributed by atoms with E-state index in [1.165, 1.54) is 104 Å². The third-order valence-corrected chi connectivity index (χ3v) is 20.5. The summed E-state index contributed by atoms with van der Waals surface area (Å²) in [6.07, 6.45) is 24.2. The second-order valence-electron chi connectivity index (χ2n) is 28.8. The Morgan fingerprint density at radius 1 is 0.483 bits per heavy atom. The fourth-order valence-electron chi connectivity index (χ4n) is 17.7. The van der Waals surface area contributed by atoms with Crippen molar-refractivity contribution in [1.82, 2.24) is 15.1 Å². The van der Waals surface area contributed by atoms with Crippen molar-refractivity contribution < 1.29 is 0 Å². The lowest BCUT2D eigenvalue weighted by atomic mass is 9.59. The van der Waals surface area contributed by atoms with Crippen LogP contribution in [-0.4, -0.2) is 62.2 Å². The molecule has 0 spiro atoms. The maximum atomic E-state index is 3.45. The van der Waals surface area contributed by atoms with Crippen LogP contribution in [0.15, 0.2) is 0 Å². The molecule has 0 radical (unpaired) electrons. The molecule has 0 aromatic heterocycles. The van der Waals surface area contributed by atoms with Crippen molar-refractivity contribution in [2.45, 2.75) is 200 Å². The molecule has 0 aromatic carbocycles. The zero-order valence-corrected chi connectivity index (χ0v) is 42.9. The molecule has 14 fully saturated rings. The van der Waals surface area contributed by atoms with Crippen LogP contribution in [0.3, 0.4) is 0 Å². The highest BCUT2D eigenvalue weighted by Gasteiger charge is 2.61. The van der Waals surface area contributed by atoms with Gasteiger partial charge in [0.2, 0.25) is 0 Å². The van der Waals surface area contributed by atoms with E-state index in [-0.39, 0.29) is 0 Å². The van der Waals surface area contributed by atoms with E-state index in [1.807, 2.05) is 0 Å². The van der Waals surface area contributed by atoms with E-state index in [0.717, 1.165) is 88.3 Å². The average Bonchev–Trinajstić information content (AvgIpc) is 3.84. The van der Waals surface area contributed by atoms with Gasteiger partial charge in [-0.05, 0) is 232 Å². The van der Waals surface area contributed by atoms with Crippen molar-refractivity contribution in [3.8, 4) is 0 Å². The van der Waals surface area contributed by atoms with Gasteiger partial charge in [0.1, 0.15) is 0 Å². The molecular formula is C57H105N3. The molecule has 14 aliphatic rings. The number of rotatable bonds is 1. The maximum absolute atomic E-state index is 3.45. The summed E-state index contributed by atoms with van der Waals surface area (Å²) in [7, 11) is 0. The zero-order valence-electron chi connectivity index (χ0n) is 42.9. The Hall–Kier alpha value is -0.120. The molecular weight excluding hydrogens is 727 g/mol. The highest BCUT2D eigenvalue weighted by molar-refractivity contribution is 5.11. The zero-order chi connectivity index (χ0) is 43.4. The van der Waals surface area contributed by atoms with Crippen LogP contribution in [0.25, 0.3) is 0 Å². The van der Waals surface area contributed by atoms with Crippen LogP contribution >= 0.6 is 0 Å². The van der Waals surface area contributed by atoms with Gasteiger partial charge in [0, 0.05) is 26.2 Å². The van der Waals surface area contributed by atoms with E-state index in [1.54, 1.807) is 51.4 Å².